The minimum atomic E-state index is -7.22. The van der Waals surface area contributed by atoms with Crippen molar-refractivity contribution in [1.29, 1.82) is 0 Å². The first kappa shape index (κ1) is 45.9. The van der Waals surface area contributed by atoms with Crippen molar-refractivity contribution in [2.45, 2.75) is 65.5 Å². The van der Waals surface area contributed by atoms with Gasteiger partial charge in [-0.1, -0.05) is 13.8 Å². The van der Waals surface area contributed by atoms with E-state index in [4.69, 9.17) is 0 Å². The molecule has 4 aromatic carbocycles. The summed E-state index contributed by atoms with van der Waals surface area (Å²) >= 11 is 0. The van der Waals surface area contributed by atoms with Crippen LogP contribution in [0.25, 0.3) is 0 Å². The van der Waals surface area contributed by atoms with Gasteiger partial charge in [0.1, 0.15) is 52.7 Å². The molecule has 0 amide bonds. The number of hydrogen-bond donors (Lipinski definition) is 1. The molecule has 22 heteroatoms. The van der Waals surface area contributed by atoms with Crippen molar-refractivity contribution in [1.82, 2.24) is 0 Å². The van der Waals surface area contributed by atoms with Crippen molar-refractivity contribution < 1.29 is 93.1 Å². The third kappa shape index (κ3) is 7.16. The molecule has 0 heterocycles. The van der Waals surface area contributed by atoms with Gasteiger partial charge in [-0.15, -0.1) is 21.9 Å². The Labute approximate surface area is 303 Å². The monoisotopic (exact) mass is 837 g/mol. The Morgan fingerprint density at radius 1 is 0.286 bits per heavy atom. The second-order valence-corrected chi connectivity index (χ2v) is 13.6. The number of nitrogens with two attached hydrogens (primary N) is 1. The first-order valence-corrected chi connectivity index (χ1v) is 15.6. The number of rotatable bonds is 8. The minimum absolute atomic E-state index is 0.402. The second-order valence-electron chi connectivity index (χ2n) is 13.6. The highest BCUT2D eigenvalue weighted by atomic mass is 19.2. The van der Waals surface area contributed by atoms with Crippen LogP contribution in [0.4, 0.5) is 87.8 Å². The Balaban J connectivity index is 0.000000665. The molecular formula is C34H24BF20N. The number of benzene rings is 4. The van der Waals surface area contributed by atoms with Crippen LogP contribution in [0, 0.1) is 116 Å². The number of halogens is 20. The summed E-state index contributed by atoms with van der Waals surface area (Å²) in [4.78, 5) is 0. The van der Waals surface area contributed by atoms with E-state index in [0.717, 1.165) is 0 Å². The average molecular weight is 837 g/mol. The fourth-order valence-corrected chi connectivity index (χ4v) is 6.14. The van der Waals surface area contributed by atoms with Gasteiger partial charge >= 0.3 is 0 Å². The first-order valence-electron chi connectivity index (χ1n) is 15.6. The van der Waals surface area contributed by atoms with E-state index in [1.54, 1.807) is 0 Å². The fraction of sp³-hybridized carbons (Fsp3) is 0.294. The van der Waals surface area contributed by atoms with Crippen LogP contribution < -0.4 is 27.2 Å². The van der Waals surface area contributed by atoms with E-state index in [0.29, 0.717) is 11.1 Å². The van der Waals surface area contributed by atoms with E-state index in [9.17, 15) is 52.7 Å². The molecule has 0 saturated carbocycles. The molecule has 2 N–H and O–H groups in total. The van der Waals surface area contributed by atoms with Crippen molar-refractivity contribution >= 4 is 28.0 Å². The van der Waals surface area contributed by atoms with Gasteiger partial charge in [-0.05, 0) is 40.5 Å². The largest absolute Gasteiger partial charge is 0.337 e. The zero-order valence-electron chi connectivity index (χ0n) is 29.1. The summed E-state index contributed by atoms with van der Waals surface area (Å²) in [5, 5.41) is 2.49. The summed E-state index contributed by atoms with van der Waals surface area (Å²) in [7, 11) is 0. The van der Waals surface area contributed by atoms with E-state index >= 15 is 35.1 Å². The van der Waals surface area contributed by atoms with Crippen LogP contribution in [0.2, 0.25) is 0 Å². The molecule has 0 spiro atoms. The van der Waals surface area contributed by atoms with Crippen LogP contribution in [0.1, 0.15) is 54.4 Å². The van der Waals surface area contributed by atoms with Gasteiger partial charge in [-0.2, -0.15) is 0 Å². The lowest BCUT2D eigenvalue weighted by molar-refractivity contribution is -0.778. The zero-order chi connectivity index (χ0) is 43.5. The first-order chi connectivity index (χ1) is 25.5. The fourth-order valence-electron chi connectivity index (χ4n) is 6.14. The smallest absolute Gasteiger partial charge is 0.200 e. The van der Waals surface area contributed by atoms with Crippen molar-refractivity contribution in [2.75, 3.05) is 0 Å². The highest BCUT2D eigenvalue weighted by Crippen LogP contribution is 2.30. The highest BCUT2D eigenvalue weighted by molar-refractivity contribution is 7.20. The van der Waals surface area contributed by atoms with Gasteiger partial charge in [0.2, 0.25) is 0 Å². The molecule has 0 radical (unpaired) electrons. The Kier molecular flexibility index (Phi) is 12.9. The Morgan fingerprint density at radius 3 is 0.536 bits per heavy atom. The van der Waals surface area contributed by atoms with E-state index in [2.05, 4.69) is 46.9 Å². The quantitative estimate of drug-likeness (QED) is 0.0810. The topological polar surface area (TPSA) is 16.6 Å². The number of quaternary nitrogens is 1. The molecule has 0 saturated heterocycles. The Hall–Kier alpha value is -4.50. The summed E-state index contributed by atoms with van der Waals surface area (Å²) in [5.41, 5.74) is -13.5. The predicted octanol–water partition coefficient (Wildman–Crippen LogP) is 7.77. The normalized spacial score (nSPS) is 12.3. The molecule has 4 rings (SSSR count). The molecule has 0 aliphatic carbocycles. The average Bonchev–Trinajstić information content (AvgIpc) is 3.14. The van der Waals surface area contributed by atoms with Crippen LogP contribution in [-0.4, -0.2) is 17.2 Å². The molecule has 1 nitrogen and oxygen atoms in total. The summed E-state index contributed by atoms with van der Waals surface area (Å²) in [6.45, 7) is 13.7. The van der Waals surface area contributed by atoms with Crippen LogP contribution in [0.3, 0.4) is 0 Å². The van der Waals surface area contributed by atoms with Gasteiger partial charge in [0.05, 0.1) is 11.1 Å². The predicted molar refractivity (Wildman–Crippen MR) is 160 cm³/mol. The molecule has 0 unspecified atom stereocenters. The van der Waals surface area contributed by atoms with Gasteiger partial charge < -0.3 is 5.32 Å². The molecule has 0 aliphatic heterocycles. The van der Waals surface area contributed by atoms with Crippen molar-refractivity contribution in [3.8, 4) is 0 Å². The molecule has 0 aromatic heterocycles. The molecular weight excluding hydrogens is 813 g/mol. The maximum absolute atomic E-state index is 15.4. The number of hydrogen-bond acceptors (Lipinski definition) is 0. The van der Waals surface area contributed by atoms with E-state index in [1.807, 2.05) is 0 Å². The van der Waals surface area contributed by atoms with E-state index in [1.165, 1.54) is 12.8 Å². The van der Waals surface area contributed by atoms with Crippen LogP contribution >= 0.6 is 0 Å². The minimum Gasteiger partial charge on any atom is -0.337 e. The lowest BCUT2D eigenvalue weighted by Crippen LogP contribution is -3.03. The van der Waals surface area contributed by atoms with Crippen LogP contribution in [0.5, 0.6) is 0 Å². The molecule has 0 fully saturated rings. The Morgan fingerprint density at radius 2 is 0.411 bits per heavy atom. The molecule has 308 valence electrons. The third-order valence-electron chi connectivity index (χ3n) is 9.31. The van der Waals surface area contributed by atoms with Crippen LogP contribution in [-0.2, 0) is 0 Å². The summed E-state index contributed by atoms with van der Waals surface area (Å²) in [6, 6.07) is 0. The van der Waals surface area contributed by atoms with Gasteiger partial charge in [0, 0.05) is 0 Å². The molecule has 0 atom stereocenters. The highest BCUT2D eigenvalue weighted by Gasteiger charge is 2.52. The standard InChI is InChI=1S/C24BF20.C10H23N/c26-5-1(6(27)14(35)21(42)13(5)34)25(2-7(28)15(36)22(43)16(37)8(2)29,3-9(30)17(38)23(44)18(39)10(3)31)4-11(32)19(40)24(45)20(41)12(4)33;1-7-9(3,4)11-10(5,6)8-2/h;11H,7-8H2,1-6H3/q-1;/p+1. The summed E-state index contributed by atoms with van der Waals surface area (Å²) in [5.74, 6) is -71.4. The lowest BCUT2D eigenvalue weighted by atomic mass is 9.12. The van der Waals surface area contributed by atoms with E-state index in [-0.39, 0.29) is 0 Å². The van der Waals surface area contributed by atoms with Crippen molar-refractivity contribution in [2.24, 2.45) is 0 Å². The maximum atomic E-state index is 15.4. The van der Waals surface area contributed by atoms with Gasteiger partial charge in [0.15, 0.2) is 69.8 Å². The van der Waals surface area contributed by atoms with Gasteiger partial charge in [0.25, 0.3) is 0 Å². The van der Waals surface area contributed by atoms with E-state index < -0.39 is 144 Å². The van der Waals surface area contributed by atoms with Gasteiger partial charge in [-0.3, -0.25) is 0 Å². The van der Waals surface area contributed by atoms with Crippen LogP contribution in [0.15, 0.2) is 0 Å². The summed E-state index contributed by atoms with van der Waals surface area (Å²) < 4.78 is 294. The third-order valence-corrected chi connectivity index (χ3v) is 9.31. The summed E-state index contributed by atoms with van der Waals surface area (Å²) in [6.07, 6.45) is -4.75. The van der Waals surface area contributed by atoms with Crippen molar-refractivity contribution in [3.05, 3.63) is 116 Å². The molecule has 4 aromatic rings. The molecule has 0 bridgehead atoms. The molecule has 0 aliphatic rings. The molecule has 56 heavy (non-hydrogen) atoms. The Bertz CT molecular complexity index is 1820. The maximum Gasteiger partial charge on any atom is 0.200 e. The lowest BCUT2D eigenvalue weighted by Gasteiger charge is -2.44. The van der Waals surface area contributed by atoms with Crippen molar-refractivity contribution in [3.63, 3.8) is 0 Å². The second kappa shape index (κ2) is 15.8. The SMILES string of the molecule is CCC(C)(C)[NH2+]C(C)(C)CC.Fc1c(F)c(F)c([B-](c2c(F)c(F)c(F)c(F)c2F)(c2c(F)c(F)c(F)c(F)c2F)c2c(F)c(F)c(F)c(F)c2F)c(F)c1F. The van der Waals surface area contributed by atoms with Gasteiger partial charge in [-0.25, -0.2) is 87.8 Å². The zero-order valence-corrected chi connectivity index (χ0v) is 29.1.